The maximum Gasteiger partial charge on any atom is 0.200 e. The Kier molecular flexibility index (Phi) is 10.5. The molecule has 6 aromatic rings. The van der Waals surface area contributed by atoms with E-state index in [9.17, 15) is 18.0 Å². The van der Waals surface area contributed by atoms with Crippen LogP contribution in [-0.4, -0.2) is 12.1 Å². The van der Waals surface area contributed by atoms with Gasteiger partial charge in [-0.2, -0.15) is 0 Å². The zero-order valence-corrected chi connectivity index (χ0v) is 28.2. The van der Waals surface area contributed by atoms with Crippen LogP contribution in [0.3, 0.4) is 0 Å². The molecule has 0 radical (unpaired) electrons. The molecule has 0 fully saturated rings. The smallest absolute Gasteiger partial charge is 0.200 e. The van der Waals surface area contributed by atoms with Crippen LogP contribution in [-0.2, 0) is 4.79 Å². The third-order valence-corrected chi connectivity index (χ3v) is 13.8. The van der Waals surface area contributed by atoms with Crippen LogP contribution in [0.15, 0.2) is 96.2 Å². The second kappa shape index (κ2) is 14.7. The highest BCUT2D eigenvalue weighted by molar-refractivity contribution is 8.02. The van der Waals surface area contributed by atoms with Crippen LogP contribution < -0.4 is 32.3 Å². The lowest BCUT2D eigenvalue weighted by atomic mass is 9.15. The summed E-state index contributed by atoms with van der Waals surface area (Å²) < 4.78 is 236. The number of hydrogen-bond donors (Lipinski definition) is 0. The van der Waals surface area contributed by atoms with Crippen molar-refractivity contribution in [2.45, 2.75) is 0 Å². The molecular formula is C38H15BF15OP. The first-order valence-electron chi connectivity index (χ1n) is 15.6. The first-order chi connectivity index (χ1) is 26.5. The molecule has 0 spiro atoms. The summed E-state index contributed by atoms with van der Waals surface area (Å²) in [6.07, 6.45) is -6.44. The van der Waals surface area contributed by atoms with Crippen molar-refractivity contribution < 1.29 is 70.7 Å². The predicted molar refractivity (Wildman–Crippen MR) is 178 cm³/mol. The van der Waals surface area contributed by atoms with E-state index in [-0.39, 0.29) is 15.9 Å². The number of carbonyl (C=O) groups excluding carboxylic acids is 1. The highest BCUT2D eigenvalue weighted by Crippen LogP contribution is 2.64. The van der Waals surface area contributed by atoms with Gasteiger partial charge < -0.3 is 0 Å². The molecule has 0 atom stereocenters. The van der Waals surface area contributed by atoms with Gasteiger partial charge in [0.25, 0.3) is 0 Å². The standard InChI is InChI=1S/C38H15BF15OP/c40-24-21(25(41)31(47)36(52)30(24)46)39(22-26(42)32(48)37(53)33(49)27(22)43,23-28(44)34(50)38(54)35(51)29(23)45)20(16-55)56(17-10-4-1-5-11-17,18-12-6-2-7-13-18)19-14-8-3-9-15-19/h1-15H. The molecule has 0 unspecified atom stereocenters. The summed E-state index contributed by atoms with van der Waals surface area (Å²) in [4.78, 5) is 14.0. The van der Waals surface area contributed by atoms with E-state index in [1.54, 1.807) is 0 Å². The van der Waals surface area contributed by atoms with Crippen molar-refractivity contribution in [3.8, 4) is 0 Å². The third-order valence-electron chi connectivity index (χ3n) is 9.34. The number of rotatable bonds is 8. The molecule has 18 heteroatoms. The van der Waals surface area contributed by atoms with Crippen LogP contribution in [0.4, 0.5) is 65.9 Å². The molecular weight excluding hydrogens is 799 g/mol. The van der Waals surface area contributed by atoms with E-state index in [1.165, 1.54) is 54.6 Å². The summed E-state index contributed by atoms with van der Waals surface area (Å²) in [5.41, 5.74) is -8.75. The molecule has 0 saturated carbocycles. The summed E-state index contributed by atoms with van der Waals surface area (Å²) in [5, 5.41) is -3.04. The SMILES string of the molecule is O=C=C([B-](c1c(F)c(F)c(F)c(F)c1F)(c1c(F)c(F)c(F)c(F)c1F)c1c(F)c(F)c(F)c(F)c1F)[P+](c1ccccc1)(c1ccccc1)c1ccccc1. The number of hydrogen-bond acceptors (Lipinski definition) is 1. The van der Waals surface area contributed by atoms with Crippen molar-refractivity contribution in [1.82, 2.24) is 0 Å². The van der Waals surface area contributed by atoms with Crippen LogP contribution in [0.2, 0.25) is 0 Å². The molecule has 0 amide bonds. The molecule has 0 N–H and O–H groups in total. The Labute approximate surface area is 305 Å². The minimum atomic E-state index is -6.44. The van der Waals surface area contributed by atoms with Crippen molar-refractivity contribution in [2.24, 2.45) is 0 Å². The molecule has 0 saturated heterocycles. The van der Waals surface area contributed by atoms with Crippen molar-refractivity contribution in [3.63, 3.8) is 0 Å². The van der Waals surface area contributed by atoms with Gasteiger partial charge in [0.1, 0.15) is 64.0 Å². The van der Waals surface area contributed by atoms with Crippen LogP contribution in [0.25, 0.3) is 0 Å². The van der Waals surface area contributed by atoms with Crippen molar-refractivity contribution >= 4 is 51.7 Å². The van der Waals surface area contributed by atoms with Gasteiger partial charge in [0.2, 0.25) is 0 Å². The molecule has 0 aliphatic carbocycles. The molecule has 0 aliphatic rings. The van der Waals surface area contributed by atoms with E-state index in [0.29, 0.717) is 0 Å². The van der Waals surface area contributed by atoms with Crippen molar-refractivity contribution in [3.05, 3.63) is 183 Å². The van der Waals surface area contributed by atoms with Gasteiger partial charge in [-0.15, -0.1) is 16.4 Å². The lowest BCUT2D eigenvalue weighted by Crippen LogP contribution is -2.75. The fourth-order valence-electron chi connectivity index (χ4n) is 7.12. The topological polar surface area (TPSA) is 17.1 Å². The summed E-state index contributed by atoms with van der Waals surface area (Å²) >= 11 is 0. The Morgan fingerprint density at radius 2 is 0.536 bits per heavy atom. The Hall–Kier alpha value is -5.79. The summed E-state index contributed by atoms with van der Waals surface area (Å²) in [6.45, 7) is 0. The second-order valence-corrected chi connectivity index (χ2v) is 15.4. The van der Waals surface area contributed by atoms with Gasteiger partial charge in [0, 0.05) is 5.21 Å². The summed E-state index contributed by atoms with van der Waals surface area (Å²) in [6, 6.07) is 17.6. The van der Waals surface area contributed by atoms with E-state index in [4.69, 9.17) is 0 Å². The Balaban J connectivity index is 2.15. The van der Waals surface area contributed by atoms with Crippen molar-refractivity contribution in [1.29, 1.82) is 0 Å². The Morgan fingerprint density at radius 1 is 0.339 bits per heavy atom. The minimum absolute atomic E-state index is 0.362. The maximum absolute atomic E-state index is 16.6. The minimum Gasteiger partial charge on any atom is -0.234 e. The van der Waals surface area contributed by atoms with E-state index in [1.807, 2.05) is 0 Å². The molecule has 0 aromatic heterocycles. The first-order valence-corrected chi connectivity index (χ1v) is 17.4. The fourth-order valence-corrected chi connectivity index (χ4v) is 11.8. The zero-order chi connectivity index (χ0) is 41.0. The lowest BCUT2D eigenvalue weighted by molar-refractivity contribution is 0.379. The van der Waals surface area contributed by atoms with E-state index < -0.39 is 122 Å². The quantitative estimate of drug-likeness (QED) is 0.0389. The maximum atomic E-state index is 16.6. The molecule has 56 heavy (non-hydrogen) atoms. The monoisotopic (exact) mass is 814 g/mol. The third kappa shape index (κ3) is 5.47. The largest absolute Gasteiger partial charge is 0.234 e. The van der Waals surface area contributed by atoms with Gasteiger partial charge in [0.05, 0.1) is 0 Å². The zero-order valence-electron chi connectivity index (χ0n) is 27.3. The van der Waals surface area contributed by atoms with Crippen LogP contribution >= 0.6 is 7.26 Å². The average molecular weight is 814 g/mol. The van der Waals surface area contributed by atoms with Gasteiger partial charge in [-0.3, -0.25) is 0 Å². The molecule has 6 aromatic carbocycles. The average Bonchev–Trinajstić information content (AvgIpc) is 3.22. The van der Waals surface area contributed by atoms with Gasteiger partial charge in [0.15, 0.2) is 58.5 Å². The molecule has 0 aliphatic heterocycles. The molecule has 6 rings (SSSR count). The highest BCUT2D eigenvalue weighted by Gasteiger charge is 2.61. The van der Waals surface area contributed by atoms with E-state index in [2.05, 4.69) is 0 Å². The molecule has 0 heterocycles. The molecule has 1 nitrogen and oxygen atoms in total. The van der Waals surface area contributed by atoms with Gasteiger partial charge in [-0.25, -0.2) is 70.7 Å². The Bertz CT molecular complexity index is 2250. The first kappa shape index (κ1) is 39.9. The predicted octanol–water partition coefficient (Wildman–Crippen LogP) is 7.49. The highest BCUT2D eigenvalue weighted by atomic mass is 31.2. The van der Waals surface area contributed by atoms with E-state index >= 15 is 52.7 Å². The molecule has 286 valence electrons. The van der Waals surface area contributed by atoms with E-state index in [0.717, 1.165) is 42.3 Å². The number of halogens is 15. The van der Waals surface area contributed by atoms with Gasteiger partial charge >= 0.3 is 0 Å². The number of benzene rings is 6. The van der Waals surface area contributed by atoms with Crippen LogP contribution in [0, 0.1) is 87.3 Å². The molecule has 0 bridgehead atoms. The van der Waals surface area contributed by atoms with Crippen LogP contribution in [0.5, 0.6) is 0 Å². The van der Waals surface area contributed by atoms with Gasteiger partial charge in [-0.1, -0.05) is 54.6 Å². The normalized spacial score (nSPS) is 11.8. The fraction of sp³-hybridized carbons (Fsp3) is 0. The van der Waals surface area contributed by atoms with Crippen molar-refractivity contribution in [2.75, 3.05) is 0 Å². The van der Waals surface area contributed by atoms with Crippen LogP contribution in [0.1, 0.15) is 0 Å². The Morgan fingerprint density at radius 3 is 0.732 bits per heavy atom. The second-order valence-electron chi connectivity index (χ2n) is 12.0. The van der Waals surface area contributed by atoms with Gasteiger partial charge in [-0.05, 0) is 36.4 Å². The summed E-state index contributed by atoms with van der Waals surface area (Å²) in [7, 11) is -5.02. The lowest BCUT2D eigenvalue weighted by Gasteiger charge is -2.47. The summed E-state index contributed by atoms with van der Waals surface area (Å²) in [5.74, 6) is -46.7.